The van der Waals surface area contributed by atoms with Crippen LogP contribution in [0, 0.1) is 0 Å². The topological polar surface area (TPSA) is 116 Å². The zero-order valence-corrected chi connectivity index (χ0v) is 21.4. The number of H-pyrrole nitrogens is 1. The normalized spacial score (nSPS) is 12.2. The van der Waals surface area contributed by atoms with Crippen molar-refractivity contribution in [1.82, 2.24) is 25.1 Å². The highest BCUT2D eigenvalue weighted by molar-refractivity contribution is 5.83. The van der Waals surface area contributed by atoms with Gasteiger partial charge in [0, 0.05) is 11.3 Å². The zero-order valence-electron chi connectivity index (χ0n) is 21.4. The molecular formula is C27H31N6O4+. The van der Waals surface area contributed by atoms with Crippen molar-refractivity contribution in [3.05, 3.63) is 95.3 Å². The highest BCUT2D eigenvalue weighted by Gasteiger charge is 2.35. The van der Waals surface area contributed by atoms with Crippen LogP contribution in [0.4, 0.5) is 4.79 Å². The summed E-state index contributed by atoms with van der Waals surface area (Å²) in [4.78, 5) is 29.9. The Balaban J connectivity index is 1.45. The van der Waals surface area contributed by atoms with E-state index in [0.29, 0.717) is 18.1 Å². The molecule has 0 radical (unpaired) electrons. The highest BCUT2D eigenvalue weighted by atomic mass is 16.6. The number of hydrogen-bond acceptors (Lipinski definition) is 7. The zero-order chi connectivity index (χ0) is 26.4. The second-order valence-corrected chi connectivity index (χ2v) is 9.85. The van der Waals surface area contributed by atoms with Crippen LogP contribution in [-0.4, -0.2) is 37.1 Å². The standard InChI is InChI=1S/C27H30N6O4/c1-19(22-16-33(31-29-22)26(35)37-18-21-13-9-6-10-14-21)15-32-23(28-25(30-32)27(2,3)4)24(34)36-17-20-11-7-5-8-12-20/h5-14,16,19H,15,17-18H2,1-4H3/p+1. The number of ether oxygens (including phenoxy) is 2. The first kappa shape index (κ1) is 25.7. The summed E-state index contributed by atoms with van der Waals surface area (Å²) < 4.78 is 13.6. The van der Waals surface area contributed by atoms with E-state index < -0.39 is 12.1 Å². The van der Waals surface area contributed by atoms with Crippen molar-refractivity contribution < 1.29 is 23.7 Å². The Labute approximate surface area is 215 Å². The van der Waals surface area contributed by atoms with E-state index in [2.05, 4.69) is 20.4 Å². The Morgan fingerprint density at radius 1 is 0.973 bits per heavy atom. The molecule has 1 N–H and O–H groups in total. The van der Waals surface area contributed by atoms with E-state index in [1.165, 1.54) is 6.20 Å². The molecule has 192 valence electrons. The largest absolute Gasteiger partial charge is 0.452 e. The molecule has 37 heavy (non-hydrogen) atoms. The molecule has 0 bridgehead atoms. The van der Waals surface area contributed by atoms with Gasteiger partial charge in [0.05, 0.1) is 11.9 Å². The van der Waals surface area contributed by atoms with E-state index in [4.69, 9.17) is 9.47 Å². The minimum absolute atomic E-state index is 0.137. The predicted molar refractivity (Wildman–Crippen MR) is 134 cm³/mol. The summed E-state index contributed by atoms with van der Waals surface area (Å²) >= 11 is 0. The summed E-state index contributed by atoms with van der Waals surface area (Å²) in [7, 11) is 0. The molecule has 0 saturated carbocycles. The number of nitrogens with one attached hydrogen (secondary N) is 1. The van der Waals surface area contributed by atoms with Crippen molar-refractivity contribution in [2.24, 2.45) is 0 Å². The van der Waals surface area contributed by atoms with Crippen LogP contribution in [0.5, 0.6) is 0 Å². The molecular weight excluding hydrogens is 472 g/mol. The van der Waals surface area contributed by atoms with E-state index in [1.54, 1.807) is 4.68 Å². The number of hydrogen-bond donors (Lipinski definition) is 1. The summed E-state index contributed by atoms with van der Waals surface area (Å²) in [5.74, 6) is 0.0902. The number of carbonyl (C=O) groups excluding carboxylic acids is 2. The third-order valence-electron chi connectivity index (χ3n) is 5.68. The van der Waals surface area contributed by atoms with Gasteiger partial charge in [-0.3, -0.25) is 0 Å². The molecule has 0 spiro atoms. The van der Waals surface area contributed by atoms with E-state index >= 15 is 0 Å². The molecule has 0 fully saturated rings. The van der Waals surface area contributed by atoms with Crippen molar-refractivity contribution in [3.8, 4) is 0 Å². The summed E-state index contributed by atoms with van der Waals surface area (Å²) in [6.07, 6.45) is 0.914. The molecule has 2 heterocycles. The Bertz CT molecular complexity index is 1340. The first-order chi connectivity index (χ1) is 17.7. The molecule has 2 aromatic heterocycles. The van der Waals surface area contributed by atoms with Crippen LogP contribution >= 0.6 is 0 Å². The molecule has 0 aliphatic rings. The average molecular weight is 504 g/mol. The third-order valence-corrected chi connectivity index (χ3v) is 5.68. The molecule has 2 aromatic carbocycles. The maximum Gasteiger partial charge on any atom is 0.436 e. The molecule has 0 aliphatic heterocycles. The molecule has 4 aromatic rings. The molecule has 0 saturated heterocycles. The summed E-state index contributed by atoms with van der Waals surface area (Å²) in [6, 6.07) is 18.9. The molecule has 10 nitrogen and oxygen atoms in total. The molecule has 0 amide bonds. The van der Waals surface area contributed by atoms with Gasteiger partial charge in [0.2, 0.25) is 0 Å². The van der Waals surface area contributed by atoms with Crippen LogP contribution in [0.2, 0.25) is 0 Å². The second-order valence-electron chi connectivity index (χ2n) is 9.85. The fraction of sp³-hybridized carbons (Fsp3) is 0.333. The van der Waals surface area contributed by atoms with Gasteiger partial charge in [-0.25, -0.2) is 9.59 Å². The van der Waals surface area contributed by atoms with Crippen LogP contribution < -0.4 is 4.68 Å². The number of benzene rings is 2. The van der Waals surface area contributed by atoms with E-state index in [0.717, 1.165) is 15.8 Å². The Morgan fingerprint density at radius 3 is 2.16 bits per heavy atom. The van der Waals surface area contributed by atoms with E-state index in [-0.39, 0.29) is 30.4 Å². The van der Waals surface area contributed by atoms with Gasteiger partial charge in [-0.1, -0.05) is 93.6 Å². The minimum atomic E-state index is -0.621. The minimum Gasteiger partial charge on any atom is -0.452 e. The summed E-state index contributed by atoms with van der Waals surface area (Å²) in [6.45, 7) is 8.57. The molecule has 1 unspecified atom stereocenters. The Kier molecular flexibility index (Phi) is 7.76. The highest BCUT2D eigenvalue weighted by Crippen LogP contribution is 2.19. The van der Waals surface area contributed by atoms with Crippen LogP contribution in [0.1, 0.15) is 66.9 Å². The van der Waals surface area contributed by atoms with Crippen LogP contribution in [-0.2, 0) is 34.6 Å². The predicted octanol–water partition coefficient (Wildman–Crippen LogP) is 3.93. The first-order valence-electron chi connectivity index (χ1n) is 12.1. The lowest BCUT2D eigenvalue weighted by atomic mass is 9.96. The second kappa shape index (κ2) is 11.2. The quantitative estimate of drug-likeness (QED) is 0.286. The van der Waals surface area contributed by atoms with E-state index in [1.807, 2.05) is 88.4 Å². The lowest BCUT2D eigenvalue weighted by molar-refractivity contribution is -0.755. The van der Waals surface area contributed by atoms with Crippen molar-refractivity contribution in [3.63, 3.8) is 0 Å². The summed E-state index contributed by atoms with van der Waals surface area (Å²) in [5, 5.41) is 11.3. The average Bonchev–Trinajstić information content (AvgIpc) is 3.55. The molecule has 4 rings (SSSR count). The Hall–Kier alpha value is -4.34. The van der Waals surface area contributed by atoms with Crippen LogP contribution in [0.25, 0.3) is 0 Å². The fourth-order valence-corrected chi connectivity index (χ4v) is 3.53. The van der Waals surface area contributed by atoms with Gasteiger partial charge in [-0.15, -0.1) is 9.78 Å². The number of nitrogens with zero attached hydrogens (tertiary/aromatic N) is 5. The van der Waals surface area contributed by atoms with Crippen molar-refractivity contribution in [1.29, 1.82) is 0 Å². The monoisotopic (exact) mass is 503 g/mol. The van der Waals surface area contributed by atoms with Gasteiger partial charge in [0.25, 0.3) is 5.82 Å². The van der Waals surface area contributed by atoms with Gasteiger partial charge in [-0.05, 0) is 16.1 Å². The van der Waals surface area contributed by atoms with Gasteiger partial charge < -0.3 is 9.47 Å². The smallest absolute Gasteiger partial charge is 0.436 e. The Morgan fingerprint density at radius 2 is 1.57 bits per heavy atom. The molecule has 0 aliphatic carbocycles. The third kappa shape index (κ3) is 6.66. The van der Waals surface area contributed by atoms with E-state index in [9.17, 15) is 9.59 Å². The van der Waals surface area contributed by atoms with Crippen LogP contribution in [0.15, 0.2) is 66.9 Å². The maximum atomic E-state index is 13.0. The number of carbonyl (C=O) groups is 2. The van der Waals surface area contributed by atoms with Crippen molar-refractivity contribution >= 4 is 12.1 Å². The number of aromatic nitrogens is 6. The fourth-order valence-electron chi connectivity index (χ4n) is 3.53. The summed E-state index contributed by atoms with van der Waals surface area (Å²) in [5.41, 5.74) is 2.02. The van der Waals surface area contributed by atoms with Gasteiger partial charge in [0.15, 0.2) is 0 Å². The number of esters is 1. The lowest BCUT2D eigenvalue weighted by Crippen LogP contribution is -2.44. The van der Waals surface area contributed by atoms with Gasteiger partial charge >= 0.3 is 17.9 Å². The van der Waals surface area contributed by atoms with Crippen molar-refractivity contribution in [2.75, 3.05) is 0 Å². The maximum absolute atomic E-state index is 13.0. The first-order valence-corrected chi connectivity index (χ1v) is 12.1. The number of aromatic amines is 1. The van der Waals surface area contributed by atoms with Crippen LogP contribution in [0.3, 0.4) is 0 Å². The lowest BCUT2D eigenvalue weighted by Gasteiger charge is -2.09. The number of rotatable bonds is 8. The van der Waals surface area contributed by atoms with Crippen molar-refractivity contribution in [2.45, 2.75) is 58.8 Å². The SMILES string of the molecule is CC(C[n+]1[nH]c(C(C)(C)C)nc1C(=O)OCc1ccccc1)c1cn(C(=O)OCc2ccccc2)nn1. The van der Waals surface area contributed by atoms with Gasteiger partial charge in [-0.2, -0.15) is 9.78 Å². The molecule has 10 heteroatoms. The van der Waals surface area contributed by atoms with Gasteiger partial charge in [0.1, 0.15) is 19.8 Å². The molecule has 1 atom stereocenters.